The van der Waals surface area contributed by atoms with Crippen molar-refractivity contribution in [2.45, 2.75) is 10.3 Å². The maximum Gasteiger partial charge on any atom is 0.132 e. The van der Waals surface area contributed by atoms with Crippen molar-refractivity contribution in [2.24, 2.45) is 5.73 Å². The molecule has 2 N–H and O–H groups in total. The van der Waals surface area contributed by atoms with Crippen molar-refractivity contribution in [1.29, 1.82) is 0 Å². The molecule has 4 nitrogen and oxygen atoms in total. The third-order valence-corrected chi connectivity index (χ3v) is 4.18. The van der Waals surface area contributed by atoms with E-state index in [1.165, 1.54) is 0 Å². The molecule has 0 spiro atoms. The van der Waals surface area contributed by atoms with E-state index < -0.39 is 0 Å². The minimum absolute atomic E-state index is 0.129. The fourth-order valence-corrected chi connectivity index (χ4v) is 2.74. The Morgan fingerprint density at radius 2 is 1.94 bits per heavy atom. The molecule has 2 rings (SSSR count). The lowest BCUT2D eigenvalue weighted by molar-refractivity contribution is -0.0560. The quantitative estimate of drug-likeness (QED) is 0.824. The van der Waals surface area contributed by atoms with E-state index in [0.29, 0.717) is 19.8 Å². The van der Waals surface area contributed by atoms with Gasteiger partial charge < -0.3 is 19.9 Å². The molecule has 0 aromatic heterocycles. The monoisotopic (exact) mass is 269 g/mol. The first kappa shape index (κ1) is 13.5. The Bertz CT molecular complexity index is 427. The maximum atomic E-state index is 5.90. The highest BCUT2D eigenvalue weighted by atomic mass is 32.2. The SMILES string of the molecule is COc1cc(C2(CN)COC2)c(OC)cc1SC. The summed E-state index contributed by atoms with van der Waals surface area (Å²) < 4.78 is 16.2. The van der Waals surface area contributed by atoms with Gasteiger partial charge in [0.05, 0.1) is 37.7 Å². The molecule has 100 valence electrons. The molecule has 0 saturated carbocycles. The third kappa shape index (κ3) is 2.06. The topological polar surface area (TPSA) is 53.7 Å². The fourth-order valence-electron chi connectivity index (χ4n) is 2.18. The zero-order valence-corrected chi connectivity index (χ0v) is 11.8. The van der Waals surface area contributed by atoms with Crippen LogP contribution in [0.3, 0.4) is 0 Å². The molecule has 0 bridgehead atoms. The summed E-state index contributed by atoms with van der Waals surface area (Å²) in [6.45, 7) is 1.83. The highest BCUT2D eigenvalue weighted by molar-refractivity contribution is 7.98. The molecule has 1 aliphatic heterocycles. The Hall–Kier alpha value is -0.910. The van der Waals surface area contributed by atoms with E-state index in [2.05, 4.69) is 0 Å². The molecule has 1 saturated heterocycles. The van der Waals surface area contributed by atoms with Gasteiger partial charge in [-0.1, -0.05) is 0 Å². The summed E-state index contributed by atoms with van der Waals surface area (Å²) in [5.41, 5.74) is 6.85. The van der Waals surface area contributed by atoms with Crippen molar-refractivity contribution >= 4 is 11.8 Å². The Kier molecular flexibility index (Phi) is 4.04. The molecule has 5 heteroatoms. The van der Waals surface area contributed by atoms with E-state index in [9.17, 15) is 0 Å². The van der Waals surface area contributed by atoms with Gasteiger partial charge >= 0.3 is 0 Å². The normalized spacial score (nSPS) is 17.1. The van der Waals surface area contributed by atoms with Crippen LogP contribution in [0.4, 0.5) is 0 Å². The average molecular weight is 269 g/mol. The van der Waals surface area contributed by atoms with E-state index in [4.69, 9.17) is 19.9 Å². The van der Waals surface area contributed by atoms with Crippen LogP contribution < -0.4 is 15.2 Å². The number of hydrogen-bond donors (Lipinski definition) is 1. The predicted molar refractivity (Wildman–Crippen MR) is 72.9 cm³/mol. The lowest BCUT2D eigenvalue weighted by atomic mass is 9.78. The summed E-state index contributed by atoms with van der Waals surface area (Å²) in [5, 5.41) is 0. The fraction of sp³-hybridized carbons (Fsp3) is 0.538. The predicted octanol–water partition coefficient (Wildman–Crippen LogP) is 1.65. The smallest absolute Gasteiger partial charge is 0.132 e. The first-order valence-electron chi connectivity index (χ1n) is 5.79. The number of ether oxygens (including phenoxy) is 3. The van der Waals surface area contributed by atoms with E-state index in [0.717, 1.165) is 22.0 Å². The van der Waals surface area contributed by atoms with Crippen molar-refractivity contribution in [3.63, 3.8) is 0 Å². The van der Waals surface area contributed by atoms with Gasteiger partial charge in [-0.3, -0.25) is 0 Å². The van der Waals surface area contributed by atoms with E-state index in [1.54, 1.807) is 26.0 Å². The van der Waals surface area contributed by atoms with Crippen molar-refractivity contribution in [3.05, 3.63) is 17.7 Å². The van der Waals surface area contributed by atoms with Gasteiger partial charge in [-0.05, 0) is 18.4 Å². The van der Waals surface area contributed by atoms with E-state index >= 15 is 0 Å². The Labute approximate surface area is 112 Å². The van der Waals surface area contributed by atoms with Crippen LogP contribution in [0, 0.1) is 0 Å². The maximum absolute atomic E-state index is 5.90. The Balaban J connectivity index is 2.51. The van der Waals surface area contributed by atoms with Gasteiger partial charge in [-0.2, -0.15) is 0 Å². The first-order chi connectivity index (χ1) is 8.70. The number of methoxy groups -OCH3 is 2. The summed E-state index contributed by atoms with van der Waals surface area (Å²) in [5.74, 6) is 1.71. The molecule has 0 atom stereocenters. The highest BCUT2D eigenvalue weighted by Crippen LogP contribution is 2.42. The highest BCUT2D eigenvalue weighted by Gasteiger charge is 2.41. The lowest BCUT2D eigenvalue weighted by Gasteiger charge is -2.41. The van der Waals surface area contributed by atoms with Gasteiger partial charge in [0.2, 0.25) is 0 Å². The Morgan fingerprint density at radius 3 is 2.33 bits per heavy atom. The molecule has 1 heterocycles. The second kappa shape index (κ2) is 5.38. The number of rotatable bonds is 5. The molecule has 0 aliphatic carbocycles. The molecule has 0 unspecified atom stereocenters. The van der Waals surface area contributed by atoms with Gasteiger partial charge in [0, 0.05) is 12.1 Å². The van der Waals surface area contributed by atoms with E-state index in [1.807, 2.05) is 18.4 Å². The van der Waals surface area contributed by atoms with E-state index in [-0.39, 0.29) is 5.41 Å². The minimum atomic E-state index is -0.129. The molecule has 18 heavy (non-hydrogen) atoms. The zero-order valence-electron chi connectivity index (χ0n) is 11.0. The van der Waals surface area contributed by atoms with Crippen molar-refractivity contribution < 1.29 is 14.2 Å². The standard InChI is InChI=1S/C13H19NO3S/c1-15-10-5-12(18-3)11(16-2)4-9(10)13(6-14)7-17-8-13/h4-5H,6-8,14H2,1-3H3. The van der Waals surface area contributed by atoms with Crippen molar-refractivity contribution in [3.8, 4) is 11.5 Å². The summed E-state index contributed by atoms with van der Waals surface area (Å²) in [6, 6.07) is 4.04. The second-order valence-electron chi connectivity index (χ2n) is 4.38. The van der Waals surface area contributed by atoms with Crippen LogP contribution in [0.2, 0.25) is 0 Å². The van der Waals surface area contributed by atoms with Crippen LogP contribution >= 0.6 is 11.8 Å². The summed E-state index contributed by atoms with van der Waals surface area (Å²) in [7, 11) is 3.36. The first-order valence-corrected chi connectivity index (χ1v) is 7.01. The number of thioether (sulfide) groups is 1. The van der Waals surface area contributed by atoms with Crippen LogP contribution in [0.25, 0.3) is 0 Å². The van der Waals surface area contributed by atoms with Gasteiger partial charge in [0.25, 0.3) is 0 Å². The molecule has 1 fully saturated rings. The zero-order chi connectivity index (χ0) is 13.2. The largest absolute Gasteiger partial charge is 0.496 e. The third-order valence-electron chi connectivity index (χ3n) is 3.42. The van der Waals surface area contributed by atoms with Crippen LogP contribution in [0.15, 0.2) is 17.0 Å². The van der Waals surface area contributed by atoms with Crippen LogP contribution in [0.5, 0.6) is 11.5 Å². The van der Waals surface area contributed by atoms with Crippen LogP contribution in [0.1, 0.15) is 5.56 Å². The van der Waals surface area contributed by atoms with Gasteiger partial charge in [-0.25, -0.2) is 0 Å². The summed E-state index contributed by atoms with van der Waals surface area (Å²) in [6.07, 6.45) is 2.02. The number of nitrogens with two attached hydrogens (primary N) is 1. The van der Waals surface area contributed by atoms with Gasteiger partial charge in [0.1, 0.15) is 11.5 Å². The van der Waals surface area contributed by atoms with Crippen LogP contribution in [-0.4, -0.2) is 40.2 Å². The molecule has 1 aliphatic rings. The summed E-state index contributed by atoms with van der Waals surface area (Å²) in [4.78, 5) is 1.06. The Morgan fingerprint density at radius 1 is 1.28 bits per heavy atom. The molecule has 1 aromatic carbocycles. The number of benzene rings is 1. The molecule has 0 radical (unpaired) electrons. The summed E-state index contributed by atoms with van der Waals surface area (Å²) >= 11 is 1.63. The van der Waals surface area contributed by atoms with Crippen LogP contribution in [-0.2, 0) is 10.2 Å². The molecular formula is C13H19NO3S. The molecule has 0 amide bonds. The average Bonchev–Trinajstić information content (AvgIpc) is 2.37. The molecular weight excluding hydrogens is 250 g/mol. The van der Waals surface area contributed by atoms with Gasteiger partial charge in [0.15, 0.2) is 0 Å². The minimum Gasteiger partial charge on any atom is -0.496 e. The van der Waals surface area contributed by atoms with Crippen molar-refractivity contribution in [1.82, 2.24) is 0 Å². The number of hydrogen-bond acceptors (Lipinski definition) is 5. The lowest BCUT2D eigenvalue weighted by Crippen LogP contribution is -2.52. The second-order valence-corrected chi connectivity index (χ2v) is 5.23. The van der Waals surface area contributed by atoms with Crippen molar-refractivity contribution in [2.75, 3.05) is 40.2 Å². The van der Waals surface area contributed by atoms with Gasteiger partial charge in [-0.15, -0.1) is 11.8 Å². The molecule has 1 aromatic rings.